The molecule has 0 fully saturated rings. The van der Waals surface area contributed by atoms with Crippen LogP contribution in [0.4, 0.5) is 15.0 Å². The summed E-state index contributed by atoms with van der Waals surface area (Å²) in [6.07, 6.45) is 2.27. The van der Waals surface area contributed by atoms with E-state index in [-0.39, 0.29) is 18.2 Å². The first-order valence-electron chi connectivity index (χ1n) is 10.1. The number of hydrogen-bond donors (Lipinski definition) is 1. The van der Waals surface area contributed by atoms with Gasteiger partial charge in [-0.05, 0) is 57.0 Å². The molecule has 2 aromatic heterocycles. The van der Waals surface area contributed by atoms with Gasteiger partial charge in [0.25, 0.3) is 0 Å². The molecule has 3 aromatic rings. The van der Waals surface area contributed by atoms with E-state index in [0.717, 1.165) is 0 Å². The first-order chi connectivity index (χ1) is 14.7. The Morgan fingerprint density at radius 1 is 1.23 bits per heavy atom. The highest BCUT2D eigenvalue weighted by molar-refractivity contribution is 5.87. The fourth-order valence-electron chi connectivity index (χ4n) is 2.96. The number of halogens is 1. The number of rotatable bonds is 6. The lowest BCUT2D eigenvalue weighted by Gasteiger charge is -2.27. The molecular formula is C23H27FN4O3. The van der Waals surface area contributed by atoms with Crippen molar-refractivity contribution in [2.45, 2.75) is 52.4 Å². The number of aromatic nitrogens is 3. The Hall–Kier alpha value is -3.26. The molecule has 164 valence electrons. The van der Waals surface area contributed by atoms with Gasteiger partial charge in [-0.2, -0.15) is 0 Å². The molecule has 0 aliphatic carbocycles. The normalized spacial score (nSPS) is 12.5. The van der Waals surface area contributed by atoms with Gasteiger partial charge >= 0.3 is 6.09 Å². The molecule has 31 heavy (non-hydrogen) atoms. The Morgan fingerprint density at radius 2 is 1.94 bits per heavy atom. The van der Waals surface area contributed by atoms with Gasteiger partial charge in [-0.1, -0.05) is 25.1 Å². The maximum absolute atomic E-state index is 13.4. The number of aliphatic hydroxyl groups excluding tert-OH is 1. The van der Waals surface area contributed by atoms with Crippen LogP contribution in [0.15, 0.2) is 54.9 Å². The molecule has 0 saturated heterocycles. The molecule has 8 heteroatoms. The Labute approximate surface area is 181 Å². The molecule has 1 amide bonds. The monoisotopic (exact) mass is 426 g/mol. The molecular weight excluding hydrogens is 399 g/mol. The highest BCUT2D eigenvalue weighted by atomic mass is 19.1. The molecule has 1 atom stereocenters. The van der Waals surface area contributed by atoms with Gasteiger partial charge in [0.05, 0.1) is 12.6 Å². The van der Waals surface area contributed by atoms with E-state index in [9.17, 15) is 14.3 Å². The Morgan fingerprint density at radius 3 is 2.52 bits per heavy atom. The van der Waals surface area contributed by atoms with Crippen molar-refractivity contribution in [1.82, 2.24) is 14.8 Å². The van der Waals surface area contributed by atoms with Crippen molar-refractivity contribution in [2.75, 3.05) is 4.90 Å². The number of carbonyl (C=O) groups is 1. The van der Waals surface area contributed by atoms with Crippen LogP contribution in [0.3, 0.4) is 0 Å². The average Bonchev–Trinajstić information content (AvgIpc) is 3.17. The molecule has 0 spiro atoms. The van der Waals surface area contributed by atoms with Gasteiger partial charge in [0.15, 0.2) is 11.6 Å². The molecule has 0 radical (unpaired) electrons. The molecule has 3 rings (SSSR count). The molecule has 2 heterocycles. The minimum Gasteiger partial charge on any atom is -0.443 e. The summed E-state index contributed by atoms with van der Waals surface area (Å²) in [5.74, 6) is 0.442. The second-order valence-corrected chi connectivity index (χ2v) is 8.16. The van der Waals surface area contributed by atoms with Crippen LogP contribution >= 0.6 is 0 Å². The Balaban J connectivity index is 2.08. The number of benzene rings is 1. The van der Waals surface area contributed by atoms with Crippen LogP contribution in [-0.2, 0) is 11.3 Å². The van der Waals surface area contributed by atoms with Gasteiger partial charge in [0, 0.05) is 18.0 Å². The van der Waals surface area contributed by atoms with Crippen molar-refractivity contribution in [3.05, 3.63) is 71.8 Å². The van der Waals surface area contributed by atoms with E-state index in [4.69, 9.17) is 4.74 Å². The van der Waals surface area contributed by atoms with Crippen LogP contribution in [0.2, 0.25) is 0 Å². The average molecular weight is 426 g/mol. The van der Waals surface area contributed by atoms with Crippen LogP contribution in [0, 0.1) is 5.82 Å². The number of anilines is 1. The van der Waals surface area contributed by atoms with E-state index in [1.54, 1.807) is 57.4 Å². The van der Waals surface area contributed by atoms with E-state index in [0.29, 0.717) is 23.4 Å². The lowest BCUT2D eigenvalue weighted by atomic mass is 10.1. The van der Waals surface area contributed by atoms with Crippen molar-refractivity contribution in [2.24, 2.45) is 0 Å². The number of ether oxygens (including phenoxy) is 1. The standard InChI is InChI=1S/C23H27FN4O3/c1-5-19(29)18-15-28(20-8-6-7-13-25-20)26-21(18)27(22(30)31-23(2,3)4)14-16-9-11-17(24)12-10-16/h6-13,15,19,29H,5,14H2,1-4H3. The maximum Gasteiger partial charge on any atom is 0.416 e. The Bertz CT molecular complexity index is 1010. The van der Waals surface area contributed by atoms with E-state index in [2.05, 4.69) is 10.1 Å². The highest BCUT2D eigenvalue weighted by Gasteiger charge is 2.30. The van der Waals surface area contributed by atoms with E-state index in [1.807, 2.05) is 13.0 Å². The number of hydrogen-bond acceptors (Lipinski definition) is 5. The fourth-order valence-corrected chi connectivity index (χ4v) is 2.96. The van der Waals surface area contributed by atoms with Crippen molar-refractivity contribution in [3.63, 3.8) is 0 Å². The third kappa shape index (κ3) is 5.67. The predicted molar refractivity (Wildman–Crippen MR) is 115 cm³/mol. The zero-order valence-electron chi connectivity index (χ0n) is 18.1. The third-order valence-corrected chi connectivity index (χ3v) is 4.48. The van der Waals surface area contributed by atoms with Crippen molar-refractivity contribution >= 4 is 11.9 Å². The first kappa shape index (κ1) is 22.4. The first-order valence-corrected chi connectivity index (χ1v) is 10.1. The lowest BCUT2D eigenvalue weighted by molar-refractivity contribution is 0.0575. The van der Waals surface area contributed by atoms with Gasteiger partial charge in [0.2, 0.25) is 0 Å². The number of aliphatic hydroxyl groups is 1. The largest absolute Gasteiger partial charge is 0.443 e. The molecule has 0 saturated carbocycles. The summed E-state index contributed by atoms with van der Waals surface area (Å²) in [5, 5.41) is 15.2. The zero-order chi connectivity index (χ0) is 22.6. The number of nitrogens with zero attached hydrogens (tertiary/aromatic N) is 4. The molecule has 1 aromatic carbocycles. The van der Waals surface area contributed by atoms with E-state index in [1.165, 1.54) is 21.7 Å². The summed E-state index contributed by atoms with van der Waals surface area (Å²) in [6.45, 7) is 7.25. The summed E-state index contributed by atoms with van der Waals surface area (Å²) < 4.78 is 20.5. The van der Waals surface area contributed by atoms with Crippen LogP contribution in [0.25, 0.3) is 5.82 Å². The van der Waals surface area contributed by atoms with Gasteiger partial charge in [-0.3, -0.25) is 4.90 Å². The number of pyridine rings is 1. The van der Waals surface area contributed by atoms with Crippen LogP contribution in [0.5, 0.6) is 0 Å². The molecule has 7 nitrogen and oxygen atoms in total. The minimum absolute atomic E-state index is 0.0951. The summed E-state index contributed by atoms with van der Waals surface area (Å²) >= 11 is 0. The lowest BCUT2D eigenvalue weighted by Crippen LogP contribution is -2.37. The molecule has 1 unspecified atom stereocenters. The quantitative estimate of drug-likeness (QED) is 0.613. The van der Waals surface area contributed by atoms with E-state index < -0.39 is 17.8 Å². The molecule has 0 bridgehead atoms. The van der Waals surface area contributed by atoms with Crippen LogP contribution in [-0.4, -0.2) is 31.6 Å². The second-order valence-electron chi connectivity index (χ2n) is 8.16. The SMILES string of the molecule is CCC(O)c1cn(-c2ccccn2)nc1N(Cc1ccc(F)cc1)C(=O)OC(C)(C)C. The summed E-state index contributed by atoms with van der Waals surface area (Å²) in [5.41, 5.74) is 0.434. The number of carbonyl (C=O) groups excluding carboxylic acids is 1. The predicted octanol–water partition coefficient (Wildman–Crippen LogP) is 4.79. The summed E-state index contributed by atoms with van der Waals surface area (Å²) in [6, 6.07) is 11.2. The van der Waals surface area contributed by atoms with Crippen molar-refractivity contribution in [3.8, 4) is 5.82 Å². The fraction of sp³-hybridized carbons (Fsp3) is 0.348. The van der Waals surface area contributed by atoms with Gasteiger partial charge in [-0.25, -0.2) is 18.9 Å². The second kappa shape index (κ2) is 9.26. The zero-order valence-corrected chi connectivity index (χ0v) is 18.1. The number of amides is 1. The minimum atomic E-state index is -0.842. The van der Waals surface area contributed by atoms with Crippen molar-refractivity contribution < 1.29 is 19.0 Å². The molecule has 1 N–H and O–H groups in total. The van der Waals surface area contributed by atoms with Gasteiger partial charge < -0.3 is 9.84 Å². The van der Waals surface area contributed by atoms with Crippen molar-refractivity contribution in [1.29, 1.82) is 0 Å². The van der Waals surface area contributed by atoms with Gasteiger partial charge in [0.1, 0.15) is 11.4 Å². The summed E-state index contributed by atoms with van der Waals surface area (Å²) in [7, 11) is 0. The maximum atomic E-state index is 13.4. The Kier molecular flexibility index (Phi) is 6.70. The van der Waals surface area contributed by atoms with Gasteiger partial charge in [-0.15, -0.1) is 5.10 Å². The topological polar surface area (TPSA) is 80.5 Å². The highest BCUT2D eigenvalue weighted by Crippen LogP contribution is 2.30. The van der Waals surface area contributed by atoms with Crippen LogP contribution < -0.4 is 4.90 Å². The van der Waals surface area contributed by atoms with Crippen LogP contribution in [0.1, 0.15) is 51.3 Å². The summed E-state index contributed by atoms with van der Waals surface area (Å²) in [4.78, 5) is 18.8. The molecule has 0 aliphatic heterocycles. The smallest absolute Gasteiger partial charge is 0.416 e. The molecule has 0 aliphatic rings. The third-order valence-electron chi connectivity index (χ3n) is 4.48. The van der Waals surface area contributed by atoms with E-state index >= 15 is 0 Å².